The summed E-state index contributed by atoms with van der Waals surface area (Å²) in [6, 6.07) is 4.11. The van der Waals surface area contributed by atoms with Gasteiger partial charge in [-0.05, 0) is 48.5 Å². The van der Waals surface area contributed by atoms with Crippen LogP contribution in [0.4, 0.5) is 0 Å². The minimum atomic E-state index is -2.96. The Labute approximate surface area is 310 Å². The molecule has 0 aliphatic carbocycles. The number of benzene rings is 4. The highest BCUT2D eigenvalue weighted by atomic mass is 16.6. The quantitative estimate of drug-likeness (QED) is 0.0277. The molecule has 0 spiro atoms. The van der Waals surface area contributed by atoms with Crippen molar-refractivity contribution in [3.63, 3.8) is 0 Å². The minimum Gasteiger partial charge on any atom is -0.504 e. The molecule has 4 atom stereocenters. The van der Waals surface area contributed by atoms with E-state index >= 15 is 0 Å². The van der Waals surface area contributed by atoms with E-state index in [0.717, 1.165) is 0 Å². The highest BCUT2D eigenvalue weighted by Crippen LogP contribution is 2.39. The van der Waals surface area contributed by atoms with Crippen molar-refractivity contribution in [1.82, 2.24) is 0 Å². The zero-order chi connectivity index (χ0) is 41.9. The number of esters is 3. The second kappa shape index (κ2) is 16.0. The van der Waals surface area contributed by atoms with Gasteiger partial charge in [0, 0.05) is 5.56 Å². The maximum atomic E-state index is 13.7. The van der Waals surface area contributed by atoms with Crippen LogP contribution in [0, 0.1) is 0 Å². The largest absolute Gasteiger partial charge is 0.504 e. The Balaban J connectivity index is 1.79. The van der Waals surface area contributed by atoms with Crippen molar-refractivity contribution in [2.45, 2.75) is 24.4 Å². The molecule has 0 aromatic heterocycles. The van der Waals surface area contributed by atoms with E-state index in [0.29, 0.717) is 48.5 Å². The minimum absolute atomic E-state index is 0.449. The summed E-state index contributed by atoms with van der Waals surface area (Å²) in [6.45, 7) is -1.36. The highest BCUT2D eigenvalue weighted by Gasteiger charge is 2.45. The van der Waals surface area contributed by atoms with E-state index in [9.17, 15) is 95.5 Å². The van der Waals surface area contributed by atoms with Crippen molar-refractivity contribution in [1.29, 1.82) is 0 Å². The van der Waals surface area contributed by atoms with Crippen LogP contribution in [-0.4, -0.2) is 132 Å². The van der Waals surface area contributed by atoms with Gasteiger partial charge in [0.05, 0.1) is 16.7 Å². The highest BCUT2D eigenvalue weighted by molar-refractivity contribution is 6.45. The fourth-order valence-corrected chi connectivity index (χ4v) is 4.71. The second-order valence-electron chi connectivity index (χ2n) is 11.5. The van der Waals surface area contributed by atoms with Gasteiger partial charge in [0.1, 0.15) is 18.8 Å². The van der Waals surface area contributed by atoms with Crippen molar-refractivity contribution >= 4 is 29.5 Å². The first kappa shape index (κ1) is 40.9. The molecule has 0 saturated carbocycles. The molecule has 0 fully saturated rings. The van der Waals surface area contributed by atoms with Gasteiger partial charge in [-0.25, -0.2) is 14.4 Å². The Kier molecular flexibility index (Phi) is 11.7. The monoisotopic (exact) mass is 788 g/mol. The Bertz CT molecular complexity index is 2150. The van der Waals surface area contributed by atoms with Crippen molar-refractivity contribution in [2.75, 3.05) is 6.61 Å². The van der Waals surface area contributed by atoms with Crippen LogP contribution in [0.25, 0.3) is 0 Å². The van der Waals surface area contributed by atoms with Gasteiger partial charge >= 0.3 is 17.9 Å². The van der Waals surface area contributed by atoms with E-state index in [4.69, 9.17) is 14.2 Å². The molecule has 4 rings (SSSR count). The molecule has 14 N–H and O–H groups in total. The number of Topliss-reactive ketones (excluding diaryl/α,β-unsaturated/α-hetero) is 2. The van der Waals surface area contributed by atoms with E-state index in [2.05, 4.69) is 0 Å². The van der Waals surface area contributed by atoms with Gasteiger partial charge in [0.2, 0.25) is 11.6 Å². The molecule has 22 heteroatoms. The van der Waals surface area contributed by atoms with Crippen molar-refractivity contribution < 1.29 is 110 Å². The average Bonchev–Trinajstić information content (AvgIpc) is 3.15. The summed E-state index contributed by atoms with van der Waals surface area (Å²) in [7, 11) is 0. The van der Waals surface area contributed by atoms with Gasteiger partial charge in [-0.3, -0.25) is 9.59 Å². The van der Waals surface area contributed by atoms with Crippen molar-refractivity contribution in [3.8, 4) is 69.0 Å². The number of carbonyl (C=O) groups excluding carboxylic acids is 5. The van der Waals surface area contributed by atoms with Gasteiger partial charge in [-0.15, -0.1) is 0 Å². The van der Waals surface area contributed by atoms with Crippen LogP contribution in [0.15, 0.2) is 48.5 Å². The van der Waals surface area contributed by atoms with Crippen LogP contribution in [0.3, 0.4) is 0 Å². The molecule has 4 aromatic rings. The van der Waals surface area contributed by atoms with Gasteiger partial charge in [-0.2, -0.15) is 0 Å². The lowest BCUT2D eigenvalue weighted by Crippen LogP contribution is -2.54. The molecule has 0 amide bonds. The summed E-state index contributed by atoms with van der Waals surface area (Å²) in [4.78, 5) is 66.1. The van der Waals surface area contributed by atoms with Crippen LogP contribution < -0.4 is 0 Å². The topological polar surface area (TPSA) is 396 Å². The molecular formula is C34H28O22. The van der Waals surface area contributed by atoms with Crippen molar-refractivity contribution in [2.24, 2.45) is 0 Å². The molecule has 296 valence electrons. The molecule has 22 nitrogen and oxygen atoms in total. The fourth-order valence-electron chi connectivity index (χ4n) is 4.71. The zero-order valence-corrected chi connectivity index (χ0v) is 27.7. The van der Waals surface area contributed by atoms with Crippen LogP contribution in [-0.2, 0) is 19.0 Å². The number of hydrogen-bond donors (Lipinski definition) is 14. The smallest absolute Gasteiger partial charge is 0.339 e. The number of rotatable bonds is 13. The molecule has 0 aliphatic heterocycles. The number of aliphatic hydroxyl groups excluding tert-OH is 2. The molecule has 0 saturated heterocycles. The van der Waals surface area contributed by atoms with Crippen LogP contribution in [0.1, 0.15) is 41.4 Å². The van der Waals surface area contributed by atoms with Crippen LogP contribution in [0.2, 0.25) is 0 Å². The number of phenolic OH excluding ortho intramolecular Hbond substituents is 12. The molecule has 0 heterocycles. The molecule has 56 heavy (non-hydrogen) atoms. The number of ether oxygens (including phenoxy) is 3. The normalized spacial score (nSPS) is 13.1. The Hall–Kier alpha value is -7.85. The fraction of sp³-hybridized carbons (Fsp3) is 0.147. The van der Waals surface area contributed by atoms with Crippen molar-refractivity contribution in [3.05, 3.63) is 70.8 Å². The lowest BCUT2D eigenvalue weighted by atomic mass is 9.94. The molecule has 0 bridgehead atoms. The van der Waals surface area contributed by atoms with Crippen LogP contribution in [0.5, 0.6) is 69.0 Å². The Morgan fingerprint density at radius 3 is 1.11 bits per heavy atom. The number of hydrogen-bond acceptors (Lipinski definition) is 22. The average molecular weight is 789 g/mol. The summed E-state index contributed by atoms with van der Waals surface area (Å²) >= 11 is 0. The van der Waals surface area contributed by atoms with Gasteiger partial charge in [0.25, 0.3) is 0 Å². The first-order valence-corrected chi connectivity index (χ1v) is 15.2. The van der Waals surface area contributed by atoms with Crippen LogP contribution >= 0.6 is 0 Å². The molecule has 0 aliphatic rings. The maximum Gasteiger partial charge on any atom is 0.339 e. The summed E-state index contributed by atoms with van der Waals surface area (Å²) in [5, 5.41) is 140. The lowest BCUT2D eigenvalue weighted by Gasteiger charge is -2.31. The predicted molar refractivity (Wildman–Crippen MR) is 176 cm³/mol. The van der Waals surface area contributed by atoms with E-state index < -0.39 is 152 Å². The summed E-state index contributed by atoms with van der Waals surface area (Å²) in [5.41, 5.74) is -3.26. The number of aromatic hydroxyl groups is 12. The zero-order valence-electron chi connectivity index (χ0n) is 27.7. The summed E-state index contributed by atoms with van der Waals surface area (Å²) in [6.07, 6.45) is -11.1. The first-order chi connectivity index (χ1) is 26.1. The Morgan fingerprint density at radius 2 is 0.750 bits per heavy atom. The van der Waals surface area contributed by atoms with E-state index in [1.807, 2.05) is 0 Å². The molecule has 0 radical (unpaired) electrons. The van der Waals surface area contributed by atoms with E-state index in [1.54, 1.807) is 0 Å². The van der Waals surface area contributed by atoms with Gasteiger partial charge in [0.15, 0.2) is 81.2 Å². The number of phenols is 12. The first-order valence-electron chi connectivity index (χ1n) is 15.2. The summed E-state index contributed by atoms with van der Waals surface area (Å²) in [5.74, 6) is -21.9. The predicted octanol–water partition coefficient (Wildman–Crippen LogP) is -0.0644. The second-order valence-corrected chi connectivity index (χ2v) is 11.5. The SMILES string of the molecule is O=C(OC[C@@H](O)[C@@H](OC(=O)c1cc(O)c(O)c(O)c1)[C@H](O)[C@@H](OC(=O)c1cc(O)c(O)c(O)c1)C(=O)C(=O)c1cc(O)c(O)c(O)c1)c1cc(O)c(O)c(O)c1. The molecule has 4 aromatic carbocycles. The number of aliphatic hydroxyl groups is 2. The van der Waals surface area contributed by atoms with E-state index in [-0.39, 0.29) is 0 Å². The Morgan fingerprint density at radius 1 is 0.446 bits per heavy atom. The van der Waals surface area contributed by atoms with Gasteiger partial charge in [-0.1, -0.05) is 0 Å². The maximum absolute atomic E-state index is 13.7. The lowest BCUT2D eigenvalue weighted by molar-refractivity contribution is -0.146. The standard InChI is InChI=1S/C34H28O22/c35-14-1-10(2-15(36)24(14)45)23(44)28(49)31(56-34(53)13-7-20(41)27(48)21(42)8-13)29(50)30(55-33(52)12-5-18(39)26(47)19(40)6-12)22(43)9-54-32(51)11-3-16(37)25(46)17(38)4-11/h1-8,22,29-31,35-43,45-48,50H,9H2/t22-,29+,30-,31+/m1/s1. The van der Waals surface area contributed by atoms with Gasteiger partial charge < -0.3 is 85.7 Å². The number of carbonyl (C=O) groups is 5. The number of ketones is 2. The third kappa shape index (κ3) is 8.51. The third-order valence-electron chi connectivity index (χ3n) is 7.62. The third-order valence-corrected chi connectivity index (χ3v) is 7.62. The summed E-state index contributed by atoms with van der Waals surface area (Å²) < 4.78 is 15.0. The molecule has 0 unspecified atom stereocenters. The van der Waals surface area contributed by atoms with E-state index in [1.165, 1.54) is 0 Å². The molecular weight excluding hydrogens is 760 g/mol.